The molecule has 1 aromatic carbocycles. The van der Waals surface area contributed by atoms with E-state index in [2.05, 4.69) is 15.9 Å². The lowest BCUT2D eigenvalue weighted by Gasteiger charge is -2.12. The lowest BCUT2D eigenvalue weighted by Crippen LogP contribution is -2.07. The molecule has 0 heterocycles. The van der Waals surface area contributed by atoms with Crippen LogP contribution in [-0.4, -0.2) is 17.7 Å². The van der Waals surface area contributed by atoms with Crippen LogP contribution in [-0.2, 0) is 17.1 Å². The molecule has 0 saturated carbocycles. The number of carbonyl (C=O) groups excluding carboxylic acids is 1. The summed E-state index contributed by atoms with van der Waals surface area (Å²) in [6, 6.07) is 5.68. The zero-order valence-electron chi connectivity index (χ0n) is 9.13. The summed E-state index contributed by atoms with van der Waals surface area (Å²) in [5, 5.41) is 0.369. The molecule has 0 spiro atoms. The number of ether oxygens (including phenoxy) is 1. The number of hydrogen-bond donors (Lipinski definition) is 0. The molecule has 0 atom stereocenters. The number of Topliss-reactive ketones (excluding diaryl/α,β-unsaturated/α-hetero) is 1. The first-order chi connectivity index (χ1) is 7.72. The van der Waals surface area contributed by atoms with Gasteiger partial charge in [0.15, 0.2) is 0 Å². The zero-order valence-corrected chi connectivity index (χ0v) is 11.5. The first-order valence-corrected chi connectivity index (χ1v) is 6.75. The van der Waals surface area contributed by atoms with E-state index in [1.165, 1.54) is 0 Å². The van der Waals surface area contributed by atoms with Crippen molar-refractivity contribution in [2.45, 2.75) is 19.2 Å². The van der Waals surface area contributed by atoms with E-state index in [1.54, 1.807) is 0 Å². The van der Waals surface area contributed by atoms with Gasteiger partial charge in [-0.2, -0.15) is 0 Å². The number of ketones is 1. The molecule has 4 heteroatoms. The van der Waals surface area contributed by atoms with Gasteiger partial charge < -0.3 is 4.74 Å². The summed E-state index contributed by atoms with van der Waals surface area (Å²) < 4.78 is 5.48. The molecule has 0 N–H and O–H groups in total. The van der Waals surface area contributed by atoms with Crippen molar-refractivity contribution < 1.29 is 9.53 Å². The Labute approximate surface area is 109 Å². The van der Waals surface area contributed by atoms with Crippen molar-refractivity contribution >= 4 is 33.3 Å². The molecule has 1 rings (SSSR count). The molecule has 16 heavy (non-hydrogen) atoms. The van der Waals surface area contributed by atoms with Crippen LogP contribution in [0.25, 0.3) is 0 Å². The predicted molar refractivity (Wildman–Crippen MR) is 69.7 cm³/mol. The predicted octanol–water partition coefficient (Wildman–Crippen LogP) is 3.33. The molecule has 0 amide bonds. The molecule has 88 valence electrons. The average molecular weight is 306 g/mol. The zero-order chi connectivity index (χ0) is 12.0. The third kappa shape index (κ3) is 3.49. The number of alkyl halides is 2. The van der Waals surface area contributed by atoms with Crippen molar-refractivity contribution in [2.24, 2.45) is 0 Å². The number of halogens is 2. The third-order valence-electron chi connectivity index (χ3n) is 2.20. The summed E-state index contributed by atoms with van der Waals surface area (Å²) >= 11 is 9.05. The van der Waals surface area contributed by atoms with Crippen LogP contribution >= 0.6 is 27.5 Å². The highest BCUT2D eigenvalue weighted by Crippen LogP contribution is 2.25. The minimum atomic E-state index is 0.139. The number of benzene rings is 1. The number of hydrogen-bond acceptors (Lipinski definition) is 2. The molecular formula is C12H14BrClO2. The van der Waals surface area contributed by atoms with E-state index in [4.69, 9.17) is 16.3 Å². The van der Waals surface area contributed by atoms with Crippen LogP contribution in [0.3, 0.4) is 0 Å². The summed E-state index contributed by atoms with van der Waals surface area (Å²) in [6.45, 7) is 2.52. The van der Waals surface area contributed by atoms with Crippen LogP contribution < -0.4 is 4.74 Å². The summed E-state index contributed by atoms with van der Waals surface area (Å²) in [7, 11) is 0. The quantitative estimate of drug-likeness (QED) is 0.754. The van der Waals surface area contributed by atoms with Gasteiger partial charge in [-0.05, 0) is 18.6 Å². The Kier molecular flexibility index (Phi) is 5.85. The Morgan fingerprint density at radius 1 is 1.50 bits per heavy atom. The first kappa shape index (κ1) is 13.5. The van der Waals surface area contributed by atoms with Gasteiger partial charge in [-0.25, -0.2) is 0 Å². The molecule has 0 saturated heterocycles. The van der Waals surface area contributed by atoms with Gasteiger partial charge >= 0.3 is 0 Å². The monoisotopic (exact) mass is 304 g/mol. The van der Waals surface area contributed by atoms with Gasteiger partial charge in [0.25, 0.3) is 0 Å². The van der Waals surface area contributed by atoms with Crippen molar-refractivity contribution in [3.05, 3.63) is 29.3 Å². The fraction of sp³-hybridized carbons (Fsp3) is 0.417. The minimum absolute atomic E-state index is 0.139. The molecule has 0 aliphatic heterocycles. The maximum absolute atomic E-state index is 11.4. The Morgan fingerprint density at radius 3 is 2.81 bits per heavy atom. The number of rotatable bonds is 6. The highest BCUT2D eigenvalue weighted by Gasteiger charge is 2.11. The maximum Gasteiger partial charge on any atom is 0.147 e. The first-order valence-electron chi connectivity index (χ1n) is 5.10. The van der Waals surface area contributed by atoms with E-state index in [9.17, 15) is 4.79 Å². The van der Waals surface area contributed by atoms with E-state index in [0.717, 1.165) is 16.9 Å². The molecular weight excluding hydrogens is 291 g/mol. The Hall–Kier alpha value is -0.540. The van der Waals surface area contributed by atoms with E-state index in [0.29, 0.717) is 24.2 Å². The lowest BCUT2D eigenvalue weighted by atomic mass is 10.0. The minimum Gasteiger partial charge on any atom is -0.494 e. The highest BCUT2D eigenvalue weighted by atomic mass is 79.9. The molecule has 0 unspecified atom stereocenters. The van der Waals surface area contributed by atoms with Gasteiger partial charge in [-0.1, -0.05) is 28.1 Å². The molecule has 0 aromatic heterocycles. The Bertz CT molecular complexity index is 366. The van der Waals surface area contributed by atoms with Gasteiger partial charge in [0, 0.05) is 12.0 Å². The van der Waals surface area contributed by atoms with Crippen LogP contribution in [0.4, 0.5) is 0 Å². The molecule has 0 aliphatic carbocycles. The van der Waals surface area contributed by atoms with Gasteiger partial charge in [-0.3, -0.25) is 4.79 Å². The summed E-state index contributed by atoms with van der Waals surface area (Å²) in [5.74, 6) is 1.28. The topological polar surface area (TPSA) is 26.3 Å². The molecule has 0 radical (unpaired) electrons. The average Bonchev–Trinajstić information content (AvgIpc) is 2.29. The molecule has 0 aliphatic rings. The normalized spacial score (nSPS) is 10.2. The lowest BCUT2D eigenvalue weighted by molar-refractivity contribution is -0.115. The second kappa shape index (κ2) is 6.92. The smallest absolute Gasteiger partial charge is 0.147 e. The maximum atomic E-state index is 11.4. The van der Waals surface area contributed by atoms with Crippen molar-refractivity contribution in [3.8, 4) is 5.75 Å². The second-order valence-electron chi connectivity index (χ2n) is 3.31. The van der Waals surface area contributed by atoms with Crippen LogP contribution in [0.1, 0.15) is 18.1 Å². The van der Waals surface area contributed by atoms with Crippen molar-refractivity contribution in [1.29, 1.82) is 0 Å². The van der Waals surface area contributed by atoms with Crippen LogP contribution in [0.2, 0.25) is 0 Å². The van der Waals surface area contributed by atoms with Crippen molar-refractivity contribution in [3.63, 3.8) is 0 Å². The van der Waals surface area contributed by atoms with Crippen molar-refractivity contribution in [1.82, 2.24) is 0 Å². The highest BCUT2D eigenvalue weighted by molar-refractivity contribution is 9.09. The van der Waals surface area contributed by atoms with Crippen LogP contribution in [0, 0.1) is 0 Å². The van der Waals surface area contributed by atoms with Gasteiger partial charge in [0.2, 0.25) is 0 Å². The summed E-state index contributed by atoms with van der Waals surface area (Å²) in [5.41, 5.74) is 1.87. The van der Waals surface area contributed by atoms with Crippen LogP contribution in [0.5, 0.6) is 5.75 Å². The largest absolute Gasteiger partial charge is 0.494 e. The van der Waals surface area contributed by atoms with E-state index in [1.807, 2.05) is 25.1 Å². The SMILES string of the molecule is CCOc1cccc(CC(=O)CBr)c1CCl. The van der Waals surface area contributed by atoms with E-state index < -0.39 is 0 Å². The van der Waals surface area contributed by atoms with Crippen LogP contribution in [0.15, 0.2) is 18.2 Å². The van der Waals surface area contributed by atoms with E-state index >= 15 is 0 Å². The molecule has 1 aromatic rings. The number of carbonyl (C=O) groups is 1. The summed E-state index contributed by atoms with van der Waals surface area (Å²) in [4.78, 5) is 11.4. The third-order valence-corrected chi connectivity index (χ3v) is 3.09. The second-order valence-corrected chi connectivity index (χ2v) is 4.14. The summed E-state index contributed by atoms with van der Waals surface area (Å²) in [6.07, 6.45) is 0.397. The van der Waals surface area contributed by atoms with E-state index in [-0.39, 0.29) is 5.78 Å². The molecule has 0 bridgehead atoms. The standard InChI is InChI=1S/C12H14BrClO2/c1-2-16-12-5-3-4-9(11(12)8-14)6-10(15)7-13/h3-5H,2,6-8H2,1H3. The van der Waals surface area contributed by atoms with Crippen molar-refractivity contribution in [2.75, 3.05) is 11.9 Å². The fourth-order valence-corrected chi connectivity index (χ4v) is 1.98. The Morgan fingerprint density at radius 2 is 2.25 bits per heavy atom. The Balaban J connectivity index is 2.98. The fourth-order valence-electron chi connectivity index (χ4n) is 1.48. The van der Waals surface area contributed by atoms with Gasteiger partial charge in [0.05, 0.1) is 17.8 Å². The van der Waals surface area contributed by atoms with Gasteiger partial charge in [-0.15, -0.1) is 11.6 Å². The van der Waals surface area contributed by atoms with Gasteiger partial charge in [0.1, 0.15) is 11.5 Å². The molecule has 0 fully saturated rings. The molecule has 2 nitrogen and oxygen atoms in total.